The van der Waals surface area contributed by atoms with Gasteiger partial charge in [-0.25, -0.2) is 4.98 Å². The number of nitrogens with one attached hydrogen (secondary N) is 1. The molecular weight excluding hydrogens is 352 g/mol. The molecule has 1 unspecified atom stereocenters. The van der Waals surface area contributed by atoms with Crippen molar-refractivity contribution in [3.63, 3.8) is 0 Å². The number of rotatable bonds is 8. The van der Waals surface area contributed by atoms with Crippen molar-refractivity contribution in [2.45, 2.75) is 39.6 Å². The molecule has 3 aromatic rings. The maximum Gasteiger partial charge on any atom is 0.387 e. The first kappa shape index (κ1) is 19.1. The quantitative estimate of drug-likeness (QED) is 0.629. The standard InChI is InChI=1S/C20H23F2N3O2/c1-4-25-16-8-6-5-7-15(16)24-19(25)13(2)23-12-14-9-10-17(26-3)18(11-14)27-20(21)22/h5-11,13,20,23H,4,12H2,1-3H3. The molecule has 0 aliphatic heterocycles. The highest BCUT2D eigenvalue weighted by atomic mass is 19.3. The Balaban J connectivity index is 1.77. The van der Waals surface area contributed by atoms with E-state index in [1.165, 1.54) is 7.11 Å². The first-order chi connectivity index (χ1) is 13.0. The van der Waals surface area contributed by atoms with Gasteiger partial charge in [-0.15, -0.1) is 0 Å². The van der Waals surface area contributed by atoms with Crippen molar-refractivity contribution in [1.29, 1.82) is 0 Å². The van der Waals surface area contributed by atoms with Crippen LogP contribution in [0.2, 0.25) is 0 Å². The molecule has 5 nitrogen and oxygen atoms in total. The van der Waals surface area contributed by atoms with Gasteiger partial charge >= 0.3 is 6.61 Å². The third-order valence-electron chi connectivity index (χ3n) is 4.44. The third kappa shape index (κ3) is 4.19. The SMILES string of the molecule is CCn1c(C(C)NCc2ccc(OC)c(OC(F)F)c2)nc2ccccc21. The Labute approximate surface area is 156 Å². The van der Waals surface area contributed by atoms with Crippen molar-refractivity contribution in [1.82, 2.24) is 14.9 Å². The van der Waals surface area contributed by atoms with Crippen LogP contribution >= 0.6 is 0 Å². The van der Waals surface area contributed by atoms with Crippen molar-refractivity contribution in [3.8, 4) is 11.5 Å². The lowest BCUT2D eigenvalue weighted by molar-refractivity contribution is -0.0512. The lowest BCUT2D eigenvalue weighted by Gasteiger charge is -2.16. The molecule has 2 aromatic carbocycles. The molecule has 0 radical (unpaired) electrons. The van der Waals surface area contributed by atoms with Gasteiger partial charge in [-0.05, 0) is 43.7 Å². The summed E-state index contributed by atoms with van der Waals surface area (Å²) in [5.74, 6) is 1.25. The predicted octanol–water partition coefficient (Wildman–Crippen LogP) is 4.52. The summed E-state index contributed by atoms with van der Waals surface area (Å²) in [5.41, 5.74) is 2.87. The van der Waals surface area contributed by atoms with Crippen LogP contribution < -0.4 is 14.8 Å². The molecule has 0 saturated carbocycles. The van der Waals surface area contributed by atoms with Gasteiger partial charge in [0.1, 0.15) is 5.82 Å². The molecule has 3 rings (SSSR count). The minimum Gasteiger partial charge on any atom is -0.493 e. The van der Waals surface area contributed by atoms with Crippen molar-refractivity contribution in [3.05, 3.63) is 53.9 Å². The van der Waals surface area contributed by atoms with E-state index in [0.717, 1.165) is 29.0 Å². The zero-order chi connectivity index (χ0) is 19.4. The van der Waals surface area contributed by atoms with E-state index in [9.17, 15) is 8.78 Å². The molecule has 0 aliphatic rings. The zero-order valence-corrected chi connectivity index (χ0v) is 15.6. The van der Waals surface area contributed by atoms with Crippen molar-refractivity contribution in [2.75, 3.05) is 7.11 Å². The topological polar surface area (TPSA) is 48.3 Å². The van der Waals surface area contributed by atoms with E-state index in [0.29, 0.717) is 6.54 Å². The minimum absolute atomic E-state index is 0.0149. The Bertz CT molecular complexity index is 911. The molecule has 27 heavy (non-hydrogen) atoms. The number of fused-ring (bicyclic) bond motifs is 1. The third-order valence-corrected chi connectivity index (χ3v) is 4.44. The maximum absolute atomic E-state index is 12.6. The lowest BCUT2D eigenvalue weighted by Crippen LogP contribution is -2.21. The van der Waals surface area contributed by atoms with E-state index in [4.69, 9.17) is 9.72 Å². The van der Waals surface area contributed by atoms with Crippen LogP contribution in [-0.4, -0.2) is 23.3 Å². The summed E-state index contributed by atoms with van der Waals surface area (Å²) in [5, 5.41) is 3.40. The van der Waals surface area contributed by atoms with Crippen molar-refractivity contribution >= 4 is 11.0 Å². The molecule has 0 amide bonds. The first-order valence-electron chi connectivity index (χ1n) is 8.83. The number of alkyl halides is 2. The van der Waals surface area contributed by atoms with E-state index in [1.807, 2.05) is 31.2 Å². The summed E-state index contributed by atoms with van der Waals surface area (Å²) in [7, 11) is 1.42. The van der Waals surface area contributed by atoms with Gasteiger partial charge in [0.25, 0.3) is 0 Å². The molecule has 0 saturated heterocycles. The number of aromatic nitrogens is 2. The molecule has 0 fully saturated rings. The average Bonchev–Trinajstić information content (AvgIpc) is 3.04. The fourth-order valence-electron chi connectivity index (χ4n) is 3.14. The van der Waals surface area contributed by atoms with Gasteiger partial charge in [0.15, 0.2) is 11.5 Å². The highest BCUT2D eigenvalue weighted by Crippen LogP contribution is 2.30. The highest BCUT2D eigenvalue weighted by molar-refractivity contribution is 5.76. The summed E-state index contributed by atoms with van der Waals surface area (Å²) < 4.78 is 37.0. The molecule has 1 N–H and O–H groups in total. The largest absolute Gasteiger partial charge is 0.493 e. The Morgan fingerprint density at radius 3 is 2.63 bits per heavy atom. The number of nitrogens with zero attached hydrogens (tertiary/aromatic N) is 2. The van der Waals surface area contributed by atoms with Crippen LogP contribution in [0.3, 0.4) is 0 Å². The zero-order valence-electron chi connectivity index (χ0n) is 15.6. The Hall–Kier alpha value is -2.67. The number of imidazole rings is 1. The van der Waals surface area contributed by atoms with Gasteiger partial charge < -0.3 is 19.4 Å². The Morgan fingerprint density at radius 2 is 1.93 bits per heavy atom. The molecule has 0 spiro atoms. The first-order valence-corrected chi connectivity index (χ1v) is 8.83. The molecular formula is C20H23F2N3O2. The summed E-state index contributed by atoms with van der Waals surface area (Å²) >= 11 is 0. The molecule has 144 valence electrons. The van der Waals surface area contributed by atoms with Crippen LogP contribution in [0.1, 0.15) is 31.3 Å². The molecule has 1 heterocycles. The average molecular weight is 375 g/mol. The van der Waals surface area contributed by atoms with Crippen molar-refractivity contribution in [2.24, 2.45) is 0 Å². The fourth-order valence-corrected chi connectivity index (χ4v) is 3.14. The number of methoxy groups -OCH3 is 1. The molecule has 0 aliphatic carbocycles. The van der Waals surface area contributed by atoms with Gasteiger partial charge in [-0.1, -0.05) is 18.2 Å². The van der Waals surface area contributed by atoms with Gasteiger partial charge in [0, 0.05) is 13.1 Å². The van der Waals surface area contributed by atoms with Gasteiger partial charge in [0.05, 0.1) is 24.2 Å². The maximum atomic E-state index is 12.6. The molecule has 1 atom stereocenters. The van der Waals surface area contributed by atoms with Crippen LogP contribution in [0.15, 0.2) is 42.5 Å². The highest BCUT2D eigenvalue weighted by Gasteiger charge is 2.16. The van der Waals surface area contributed by atoms with E-state index in [1.54, 1.807) is 12.1 Å². The lowest BCUT2D eigenvalue weighted by atomic mass is 10.2. The number of ether oxygens (including phenoxy) is 2. The van der Waals surface area contributed by atoms with Gasteiger partial charge in [-0.3, -0.25) is 0 Å². The minimum atomic E-state index is -2.90. The summed E-state index contributed by atoms with van der Waals surface area (Å²) in [6, 6.07) is 13.0. The number of benzene rings is 2. The summed E-state index contributed by atoms with van der Waals surface area (Å²) in [6.07, 6.45) is 0. The van der Waals surface area contributed by atoms with E-state index in [2.05, 4.69) is 27.6 Å². The predicted molar refractivity (Wildman–Crippen MR) is 100 cm³/mol. The smallest absolute Gasteiger partial charge is 0.387 e. The van der Waals surface area contributed by atoms with Crippen LogP contribution in [0, 0.1) is 0 Å². The Kier molecular flexibility index (Phi) is 5.91. The van der Waals surface area contributed by atoms with E-state index in [-0.39, 0.29) is 17.5 Å². The second kappa shape index (κ2) is 8.35. The van der Waals surface area contributed by atoms with Crippen LogP contribution in [0.25, 0.3) is 11.0 Å². The van der Waals surface area contributed by atoms with E-state index >= 15 is 0 Å². The van der Waals surface area contributed by atoms with Gasteiger partial charge in [0.2, 0.25) is 0 Å². The van der Waals surface area contributed by atoms with E-state index < -0.39 is 6.61 Å². The normalized spacial score (nSPS) is 12.5. The molecule has 7 heteroatoms. The molecule has 0 bridgehead atoms. The van der Waals surface area contributed by atoms with Crippen LogP contribution in [0.4, 0.5) is 8.78 Å². The second-order valence-corrected chi connectivity index (χ2v) is 6.17. The number of para-hydroxylation sites is 2. The van der Waals surface area contributed by atoms with Crippen LogP contribution in [0.5, 0.6) is 11.5 Å². The number of halogens is 2. The summed E-state index contributed by atoms with van der Waals surface area (Å²) in [6.45, 7) is 2.52. The number of hydrogen-bond acceptors (Lipinski definition) is 4. The monoisotopic (exact) mass is 375 g/mol. The number of aryl methyl sites for hydroxylation is 1. The number of hydrogen-bond donors (Lipinski definition) is 1. The van der Waals surface area contributed by atoms with Gasteiger partial charge in [-0.2, -0.15) is 8.78 Å². The fraction of sp³-hybridized carbons (Fsp3) is 0.350. The molecule has 1 aromatic heterocycles. The second-order valence-electron chi connectivity index (χ2n) is 6.17. The summed E-state index contributed by atoms with van der Waals surface area (Å²) in [4.78, 5) is 4.74. The van der Waals surface area contributed by atoms with Crippen molar-refractivity contribution < 1.29 is 18.3 Å². The van der Waals surface area contributed by atoms with Crippen LogP contribution in [-0.2, 0) is 13.1 Å². The Morgan fingerprint density at radius 1 is 1.15 bits per heavy atom.